The van der Waals surface area contributed by atoms with E-state index >= 15 is 0 Å². The molecule has 98 valence electrons. The van der Waals surface area contributed by atoms with Gasteiger partial charge < -0.3 is 0 Å². The first-order valence-corrected chi connectivity index (χ1v) is 6.84. The van der Waals surface area contributed by atoms with Crippen LogP contribution >= 0.6 is 0 Å². The molecule has 0 saturated carbocycles. The zero-order chi connectivity index (χ0) is 13.9. The van der Waals surface area contributed by atoms with Gasteiger partial charge in [-0.3, -0.25) is 4.98 Å². The van der Waals surface area contributed by atoms with Crippen molar-refractivity contribution in [3.63, 3.8) is 0 Å². The smallest absolute Gasteiger partial charge is 0.0707 e. The molecule has 0 saturated heterocycles. The average molecular weight is 259 g/mol. The van der Waals surface area contributed by atoms with E-state index in [1.165, 1.54) is 27.8 Å². The van der Waals surface area contributed by atoms with Crippen molar-refractivity contribution in [2.75, 3.05) is 0 Å². The van der Waals surface area contributed by atoms with E-state index in [-0.39, 0.29) is 0 Å². The molecule has 0 bridgehead atoms. The zero-order valence-electron chi connectivity index (χ0n) is 11.8. The van der Waals surface area contributed by atoms with Gasteiger partial charge in [0.15, 0.2) is 0 Å². The molecule has 0 atom stereocenters. The molecule has 20 heavy (non-hydrogen) atoms. The van der Waals surface area contributed by atoms with E-state index in [1.807, 2.05) is 24.4 Å². The van der Waals surface area contributed by atoms with Crippen LogP contribution in [0.1, 0.15) is 11.1 Å². The lowest BCUT2D eigenvalue weighted by molar-refractivity contribution is 1.28. The second-order valence-corrected chi connectivity index (χ2v) is 5.01. The van der Waals surface area contributed by atoms with Gasteiger partial charge in [-0.15, -0.1) is 0 Å². The van der Waals surface area contributed by atoms with Gasteiger partial charge in [-0.05, 0) is 48.2 Å². The van der Waals surface area contributed by atoms with E-state index in [4.69, 9.17) is 0 Å². The van der Waals surface area contributed by atoms with Crippen LogP contribution in [0.25, 0.3) is 22.4 Å². The largest absolute Gasteiger partial charge is 0.256 e. The maximum Gasteiger partial charge on any atom is 0.0707 e. The highest BCUT2D eigenvalue weighted by atomic mass is 14.7. The standard InChI is InChI=1S/C19H17N/c1-14-11-12-17(16-8-4-3-5-9-16)15(2)19(14)18-10-6-7-13-20-18/h3-13H,1-2H3. The second kappa shape index (κ2) is 5.30. The Morgan fingerprint density at radius 3 is 2.20 bits per heavy atom. The molecule has 1 nitrogen and oxygen atoms in total. The van der Waals surface area contributed by atoms with Gasteiger partial charge in [0, 0.05) is 11.8 Å². The van der Waals surface area contributed by atoms with Crippen LogP contribution in [0.5, 0.6) is 0 Å². The van der Waals surface area contributed by atoms with Crippen LogP contribution in [0.4, 0.5) is 0 Å². The summed E-state index contributed by atoms with van der Waals surface area (Å²) in [5, 5.41) is 0. The van der Waals surface area contributed by atoms with Gasteiger partial charge in [-0.1, -0.05) is 48.5 Å². The molecule has 2 aromatic carbocycles. The van der Waals surface area contributed by atoms with E-state index in [1.54, 1.807) is 0 Å². The van der Waals surface area contributed by atoms with Crippen molar-refractivity contribution in [1.29, 1.82) is 0 Å². The summed E-state index contributed by atoms with van der Waals surface area (Å²) in [6, 6.07) is 21.0. The molecule has 1 heteroatoms. The molecule has 3 aromatic rings. The van der Waals surface area contributed by atoms with E-state index < -0.39 is 0 Å². The van der Waals surface area contributed by atoms with Crippen LogP contribution in [0.2, 0.25) is 0 Å². The van der Waals surface area contributed by atoms with Crippen molar-refractivity contribution in [1.82, 2.24) is 4.98 Å². The number of nitrogens with zero attached hydrogens (tertiary/aromatic N) is 1. The molecule has 0 aliphatic carbocycles. The number of hydrogen-bond donors (Lipinski definition) is 0. The Morgan fingerprint density at radius 2 is 1.50 bits per heavy atom. The third-order valence-corrected chi connectivity index (χ3v) is 3.68. The Morgan fingerprint density at radius 1 is 0.750 bits per heavy atom. The van der Waals surface area contributed by atoms with Crippen LogP contribution in [-0.2, 0) is 0 Å². The quantitative estimate of drug-likeness (QED) is 0.628. The zero-order valence-corrected chi connectivity index (χ0v) is 11.8. The summed E-state index contributed by atoms with van der Waals surface area (Å²) in [5.74, 6) is 0. The number of aryl methyl sites for hydroxylation is 1. The minimum atomic E-state index is 1.04. The maximum atomic E-state index is 4.51. The lowest BCUT2D eigenvalue weighted by atomic mass is 9.91. The van der Waals surface area contributed by atoms with Gasteiger partial charge in [-0.2, -0.15) is 0 Å². The SMILES string of the molecule is Cc1ccc(-c2ccccc2)c(C)c1-c1ccccn1. The third-order valence-electron chi connectivity index (χ3n) is 3.68. The lowest BCUT2D eigenvalue weighted by Gasteiger charge is -2.14. The van der Waals surface area contributed by atoms with Crippen LogP contribution in [-0.4, -0.2) is 4.98 Å². The molecule has 1 heterocycles. The Bertz CT molecular complexity index is 716. The second-order valence-electron chi connectivity index (χ2n) is 5.01. The van der Waals surface area contributed by atoms with Gasteiger partial charge in [0.1, 0.15) is 0 Å². The van der Waals surface area contributed by atoms with Crippen molar-refractivity contribution < 1.29 is 0 Å². The van der Waals surface area contributed by atoms with E-state index in [2.05, 4.69) is 61.3 Å². The highest BCUT2D eigenvalue weighted by molar-refractivity contribution is 5.78. The molecule has 0 aliphatic heterocycles. The monoisotopic (exact) mass is 259 g/mol. The molecule has 0 unspecified atom stereocenters. The summed E-state index contributed by atoms with van der Waals surface area (Å²) < 4.78 is 0. The van der Waals surface area contributed by atoms with Crippen molar-refractivity contribution in [2.45, 2.75) is 13.8 Å². The minimum absolute atomic E-state index is 1.04. The molecule has 1 aromatic heterocycles. The minimum Gasteiger partial charge on any atom is -0.256 e. The molecule has 3 rings (SSSR count). The molecule has 0 fully saturated rings. The number of aromatic nitrogens is 1. The Hall–Kier alpha value is -2.41. The van der Waals surface area contributed by atoms with Crippen molar-refractivity contribution in [2.24, 2.45) is 0 Å². The molecule has 0 aliphatic rings. The fraction of sp³-hybridized carbons (Fsp3) is 0.105. The maximum absolute atomic E-state index is 4.51. The average Bonchev–Trinajstić information content (AvgIpc) is 2.49. The third kappa shape index (κ3) is 2.23. The van der Waals surface area contributed by atoms with Gasteiger partial charge >= 0.3 is 0 Å². The summed E-state index contributed by atoms with van der Waals surface area (Å²) in [4.78, 5) is 4.51. The molecule has 0 radical (unpaired) electrons. The van der Waals surface area contributed by atoms with Gasteiger partial charge in [0.2, 0.25) is 0 Å². The summed E-state index contributed by atoms with van der Waals surface area (Å²) >= 11 is 0. The number of benzene rings is 2. The Labute approximate surface area is 119 Å². The summed E-state index contributed by atoms with van der Waals surface area (Å²) in [6.07, 6.45) is 1.85. The lowest BCUT2D eigenvalue weighted by Crippen LogP contribution is -1.93. The first kappa shape index (κ1) is 12.6. The Balaban J connectivity index is 2.22. The summed E-state index contributed by atoms with van der Waals surface area (Å²) in [5.41, 5.74) is 7.36. The van der Waals surface area contributed by atoms with Crippen LogP contribution in [0.15, 0.2) is 66.9 Å². The Kier molecular flexibility index (Phi) is 3.34. The predicted octanol–water partition coefficient (Wildman–Crippen LogP) is 5.03. The normalized spacial score (nSPS) is 10.5. The molecular formula is C19H17N. The van der Waals surface area contributed by atoms with Crippen molar-refractivity contribution in [3.05, 3.63) is 78.0 Å². The highest BCUT2D eigenvalue weighted by Gasteiger charge is 2.11. The summed E-state index contributed by atoms with van der Waals surface area (Å²) in [7, 11) is 0. The first-order chi connectivity index (χ1) is 9.77. The molecular weight excluding hydrogens is 242 g/mol. The molecule has 0 amide bonds. The first-order valence-electron chi connectivity index (χ1n) is 6.84. The van der Waals surface area contributed by atoms with Crippen LogP contribution in [0.3, 0.4) is 0 Å². The topological polar surface area (TPSA) is 12.9 Å². The van der Waals surface area contributed by atoms with E-state index in [9.17, 15) is 0 Å². The number of rotatable bonds is 2. The predicted molar refractivity (Wildman–Crippen MR) is 84.6 cm³/mol. The number of pyridine rings is 1. The van der Waals surface area contributed by atoms with Crippen molar-refractivity contribution in [3.8, 4) is 22.4 Å². The van der Waals surface area contributed by atoms with E-state index in [0.717, 1.165) is 5.69 Å². The highest BCUT2D eigenvalue weighted by Crippen LogP contribution is 2.33. The van der Waals surface area contributed by atoms with Gasteiger partial charge in [0.25, 0.3) is 0 Å². The molecule has 0 N–H and O–H groups in total. The molecule has 0 spiro atoms. The van der Waals surface area contributed by atoms with Crippen LogP contribution < -0.4 is 0 Å². The number of hydrogen-bond acceptors (Lipinski definition) is 1. The van der Waals surface area contributed by atoms with Crippen molar-refractivity contribution >= 4 is 0 Å². The fourth-order valence-corrected chi connectivity index (χ4v) is 2.68. The van der Waals surface area contributed by atoms with Crippen LogP contribution in [0, 0.1) is 13.8 Å². The van der Waals surface area contributed by atoms with Gasteiger partial charge in [-0.25, -0.2) is 0 Å². The fourth-order valence-electron chi connectivity index (χ4n) is 2.68. The van der Waals surface area contributed by atoms with Gasteiger partial charge in [0.05, 0.1) is 5.69 Å². The van der Waals surface area contributed by atoms with E-state index in [0.29, 0.717) is 0 Å². The summed E-state index contributed by atoms with van der Waals surface area (Å²) in [6.45, 7) is 4.32.